The van der Waals surface area contributed by atoms with Crippen LogP contribution in [-0.2, 0) is 17.9 Å². The molecule has 0 saturated heterocycles. The first kappa shape index (κ1) is 14.0. The minimum atomic E-state index is -0.539. The van der Waals surface area contributed by atoms with Gasteiger partial charge < -0.3 is 9.47 Å². The van der Waals surface area contributed by atoms with E-state index in [-0.39, 0.29) is 12.5 Å². The van der Waals surface area contributed by atoms with Gasteiger partial charge in [-0.15, -0.1) is 0 Å². The summed E-state index contributed by atoms with van der Waals surface area (Å²) >= 11 is 0. The van der Waals surface area contributed by atoms with Gasteiger partial charge in [-0.25, -0.2) is 4.39 Å². The second-order valence-corrected chi connectivity index (χ2v) is 4.55. The lowest BCUT2D eigenvalue weighted by atomic mass is 10.2. The number of nitrogens with zero attached hydrogens (tertiary/aromatic N) is 2. The molecule has 1 amide bonds. The minimum Gasteiger partial charge on any atom is -0.340 e. The van der Waals surface area contributed by atoms with Crippen LogP contribution in [0.5, 0.6) is 0 Å². The summed E-state index contributed by atoms with van der Waals surface area (Å²) in [6, 6.07) is 11.7. The maximum Gasteiger partial charge on any atom is 0.251 e. The van der Waals surface area contributed by atoms with E-state index in [1.807, 2.05) is 30.3 Å². The summed E-state index contributed by atoms with van der Waals surface area (Å²) in [5.74, 6) is -0.787. The van der Waals surface area contributed by atoms with Gasteiger partial charge in [0.05, 0.1) is 0 Å². The molecule has 1 aromatic heterocycles. The number of hydrogen-bond acceptors (Lipinski definition) is 2. The molecule has 0 radical (unpaired) electrons. The fourth-order valence-electron chi connectivity index (χ4n) is 1.84. The van der Waals surface area contributed by atoms with Gasteiger partial charge in [-0.1, -0.05) is 30.3 Å². The van der Waals surface area contributed by atoms with E-state index < -0.39 is 11.4 Å². The molecule has 0 aliphatic heterocycles. The summed E-state index contributed by atoms with van der Waals surface area (Å²) in [5.41, 5.74) is 0.600. The van der Waals surface area contributed by atoms with Crippen molar-refractivity contribution in [2.24, 2.45) is 0 Å². The molecule has 0 N–H and O–H groups in total. The molecule has 2 rings (SSSR count). The zero-order valence-corrected chi connectivity index (χ0v) is 11.1. The highest BCUT2D eigenvalue weighted by molar-refractivity contribution is 5.75. The fourth-order valence-corrected chi connectivity index (χ4v) is 1.84. The Morgan fingerprint density at radius 2 is 1.90 bits per heavy atom. The Balaban J connectivity index is 2.04. The summed E-state index contributed by atoms with van der Waals surface area (Å²) in [6.07, 6.45) is 1.04. The molecule has 5 heteroatoms. The van der Waals surface area contributed by atoms with Crippen molar-refractivity contribution in [2.75, 3.05) is 7.05 Å². The number of pyridine rings is 1. The van der Waals surface area contributed by atoms with Crippen molar-refractivity contribution in [1.82, 2.24) is 9.47 Å². The number of hydrogen-bond donors (Lipinski definition) is 0. The van der Waals surface area contributed by atoms with Crippen molar-refractivity contribution >= 4 is 5.91 Å². The van der Waals surface area contributed by atoms with E-state index in [0.717, 1.165) is 28.5 Å². The molecule has 0 bridgehead atoms. The first-order valence-electron chi connectivity index (χ1n) is 6.20. The molecule has 0 atom stereocenters. The number of carbonyl (C=O) groups is 1. The largest absolute Gasteiger partial charge is 0.340 e. The Morgan fingerprint density at radius 1 is 1.20 bits per heavy atom. The van der Waals surface area contributed by atoms with Crippen LogP contribution in [0.4, 0.5) is 4.39 Å². The van der Waals surface area contributed by atoms with Crippen molar-refractivity contribution < 1.29 is 9.18 Å². The zero-order valence-electron chi connectivity index (χ0n) is 11.1. The van der Waals surface area contributed by atoms with Crippen LogP contribution in [0.1, 0.15) is 5.56 Å². The lowest BCUT2D eigenvalue weighted by Gasteiger charge is -2.17. The second-order valence-electron chi connectivity index (χ2n) is 4.55. The first-order valence-corrected chi connectivity index (χ1v) is 6.20. The Bertz CT molecular complexity index is 652. The van der Waals surface area contributed by atoms with Gasteiger partial charge in [-0.05, 0) is 11.6 Å². The summed E-state index contributed by atoms with van der Waals surface area (Å²) in [5, 5.41) is 0. The van der Waals surface area contributed by atoms with E-state index in [1.54, 1.807) is 7.05 Å². The highest BCUT2D eigenvalue weighted by Crippen LogP contribution is 2.03. The van der Waals surface area contributed by atoms with Crippen LogP contribution in [0.25, 0.3) is 0 Å². The minimum absolute atomic E-state index is 0.167. The summed E-state index contributed by atoms with van der Waals surface area (Å²) in [7, 11) is 1.65. The maximum absolute atomic E-state index is 13.1. The van der Waals surface area contributed by atoms with Gasteiger partial charge in [-0.2, -0.15) is 0 Å². The van der Waals surface area contributed by atoms with Gasteiger partial charge in [0, 0.05) is 25.9 Å². The highest BCUT2D eigenvalue weighted by Gasteiger charge is 2.11. The number of benzene rings is 1. The average Bonchev–Trinajstić information content (AvgIpc) is 2.44. The second kappa shape index (κ2) is 6.14. The van der Waals surface area contributed by atoms with E-state index in [2.05, 4.69) is 0 Å². The van der Waals surface area contributed by atoms with Gasteiger partial charge in [0.1, 0.15) is 12.4 Å². The quantitative estimate of drug-likeness (QED) is 0.850. The number of halogens is 1. The molecule has 0 unspecified atom stereocenters. The predicted octanol–water partition coefficient (Wildman–Crippen LogP) is 1.65. The number of aromatic nitrogens is 1. The van der Waals surface area contributed by atoms with Gasteiger partial charge in [0.2, 0.25) is 5.91 Å². The topological polar surface area (TPSA) is 42.3 Å². The molecule has 2 aromatic rings. The van der Waals surface area contributed by atoms with Gasteiger partial charge in [0.15, 0.2) is 0 Å². The zero-order chi connectivity index (χ0) is 14.5. The van der Waals surface area contributed by atoms with Crippen LogP contribution >= 0.6 is 0 Å². The molecule has 1 aromatic carbocycles. The molecule has 0 saturated carbocycles. The van der Waals surface area contributed by atoms with Crippen LogP contribution < -0.4 is 5.56 Å². The molecular weight excluding hydrogens is 259 g/mol. The number of rotatable bonds is 4. The summed E-state index contributed by atoms with van der Waals surface area (Å²) in [4.78, 5) is 25.0. The lowest BCUT2D eigenvalue weighted by molar-refractivity contribution is -0.131. The Hall–Kier alpha value is -2.43. The highest BCUT2D eigenvalue weighted by atomic mass is 19.1. The van der Waals surface area contributed by atoms with Gasteiger partial charge in [0.25, 0.3) is 5.56 Å². The molecule has 0 spiro atoms. The molecule has 104 valence electrons. The summed E-state index contributed by atoms with van der Waals surface area (Å²) in [6.45, 7) is 0.281. The molecular formula is C15H15FN2O2. The van der Waals surface area contributed by atoms with Crippen molar-refractivity contribution in [1.29, 1.82) is 0 Å². The third-order valence-corrected chi connectivity index (χ3v) is 2.94. The number of carbonyl (C=O) groups excluding carboxylic acids is 1. The fraction of sp³-hybridized carbons (Fsp3) is 0.200. The third-order valence-electron chi connectivity index (χ3n) is 2.94. The Labute approximate surface area is 116 Å². The van der Waals surface area contributed by atoms with E-state index in [4.69, 9.17) is 0 Å². The monoisotopic (exact) mass is 274 g/mol. The van der Waals surface area contributed by atoms with E-state index in [0.29, 0.717) is 6.54 Å². The standard InChI is InChI=1S/C15H15FN2O2/c1-17(9-12-5-3-2-4-6-12)15(20)11-18-10-13(16)7-8-14(18)19/h2-8,10H,9,11H2,1H3. The van der Waals surface area contributed by atoms with Gasteiger partial charge >= 0.3 is 0 Å². The molecule has 1 heterocycles. The lowest BCUT2D eigenvalue weighted by Crippen LogP contribution is -2.33. The maximum atomic E-state index is 13.1. The average molecular weight is 274 g/mol. The third kappa shape index (κ3) is 3.54. The molecule has 20 heavy (non-hydrogen) atoms. The number of likely N-dealkylation sites (N-methyl/N-ethyl adjacent to an activating group) is 1. The van der Waals surface area contributed by atoms with Crippen molar-refractivity contribution in [2.45, 2.75) is 13.1 Å². The van der Waals surface area contributed by atoms with Crippen LogP contribution in [0.3, 0.4) is 0 Å². The van der Waals surface area contributed by atoms with Crippen LogP contribution in [0, 0.1) is 5.82 Å². The molecule has 4 nitrogen and oxygen atoms in total. The first-order chi connectivity index (χ1) is 9.56. The van der Waals surface area contributed by atoms with Crippen molar-refractivity contribution in [3.05, 3.63) is 70.4 Å². The van der Waals surface area contributed by atoms with Crippen molar-refractivity contribution in [3.8, 4) is 0 Å². The van der Waals surface area contributed by atoms with E-state index in [1.165, 1.54) is 4.90 Å². The summed E-state index contributed by atoms with van der Waals surface area (Å²) < 4.78 is 14.1. The van der Waals surface area contributed by atoms with Crippen LogP contribution in [-0.4, -0.2) is 22.4 Å². The smallest absolute Gasteiger partial charge is 0.251 e. The van der Waals surface area contributed by atoms with Crippen LogP contribution in [0.15, 0.2) is 53.5 Å². The van der Waals surface area contributed by atoms with Crippen molar-refractivity contribution in [3.63, 3.8) is 0 Å². The Morgan fingerprint density at radius 3 is 2.60 bits per heavy atom. The molecule has 0 fully saturated rings. The Kier molecular flexibility index (Phi) is 4.30. The van der Waals surface area contributed by atoms with E-state index >= 15 is 0 Å². The molecule has 0 aliphatic rings. The molecule has 0 aliphatic carbocycles. The predicted molar refractivity (Wildman–Crippen MR) is 73.6 cm³/mol. The SMILES string of the molecule is CN(Cc1ccccc1)C(=O)Cn1cc(F)ccc1=O. The van der Waals surface area contributed by atoms with Crippen LogP contribution in [0.2, 0.25) is 0 Å². The van der Waals surface area contributed by atoms with Gasteiger partial charge in [-0.3, -0.25) is 9.59 Å². The normalized spacial score (nSPS) is 10.3. The number of amides is 1. The van der Waals surface area contributed by atoms with E-state index in [9.17, 15) is 14.0 Å².